The second-order valence-corrected chi connectivity index (χ2v) is 7.13. The van der Waals surface area contributed by atoms with Gasteiger partial charge in [0.05, 0.1) is 24.5 Å². The fourth-order valence-electron chi connectivity index (χ4n) is 3.54. The average Bonchev–Trinajstić information content (AvgIpc) is 3.07. The molecule has 0 saturated carbocycles. The predicted molar refractivity (Wildman–Crippen MR) is 113 cm³/mol. The molecule has 0 bridgehead atoms. The molecule has 1 amide bonds. The number of carbonyl (C=O) groups excluding carboxylic acids is 1. The lowest BCUT2D eigenvalue weighted by molar-refractivity contribution is -0.110. The van der Waals surface area contributed by atoms with Gasteiger partial charge in [-0.3, -0.25) is 9.69 Å². The second kappa shape index (κ2) is 9.07. The second-order valence-electron chi connectivity index (χ2n) is 7.13. The topological polar surface area (TPSA) is 65.6 Å². The highest BCUT2D eigenvalue weighted by atomic mass is 19.1. The summed E-state index contributed by atoms with van der Waals surface area (Å²) in [7, 11) is 0. The lowest BCUT2D eigenvalue weighted by Gasteiger charge is -2.26. The third-order valence-corrected chi connectivity index (χ3v) is 5.13. The molecule has 29 heavy (non-hydrogen) atoms. The van der Waals surface area contributed by atoms with Gasteiger partial charge in [0.15, 0.2) is 0 Å². The summed E-state index contributed by atoms with van der Waals surface area (Å²) < 4.78 is 19.4. The number of fused-ring (bicyclic) bond motifs is 1. The maximum absolute atomic E-state index is 14.1. The normalized spacial score (nSPS) is 17.8. The number of benzene rings is 2. The Morgan fingerprint density at radius 1 is 1.10 bits per heavy atom. The van der Waals surface area contributed by atoms with Crippen LogP contribution in [0.25, 0.3) is 5.57 Å². The van der Waals surface area contributed by atoms with Gasteiger partial charge in [-0.25, -0.2) is 4.39 Å². The van der Waals surface area contributed by atoms with Crippen LogP contribution in [0.5, 0.6) is 0 Å². The molecule has 0 aliphatic carbocycles. The van der Waals surface area contributed by atoms with Gasteiger partial charge in [0.2, 0.25) is 0 Å². The Kier molecular flexibility index (Phi) is 6.07. The van der Waals surface area contributed by atoms with E-state index in [2.05, 4.69) is 20.9 Å². The number of hydrogen-bond acceptors (Lipinski definition) is 5. The number of amides is 1. The summed E-state index contributed by atoms with van der Waals surface area (Å²) in [5.74, 6) is -0.721. The van der Waals surface area contributed by atoms with Crippen molar-refractivity contribution in [1.29, 1.82) is 0 Å². The highest BCUT2D eigenvalue weighted by Gasteiger charge is 2.27. The summed E-state index contributed by atoms with van der Waals surface area (Å²) in [4.78, 5) is 14.5. The molecule has 2 aromatic rings. The first-order valence-corrected chi connectivity index (χ1v) is 9.92. The Balaban J connectivity index is 1.29. The summed E-state index contributed by atoms with van der Waals surface area (Å²) in [6, 6.07) is 12.4. The first-order valence-electron chi connectivity index (χ1n) is 9.92. The molecule has 2 aliphatic heterocycles. The number of morpholine rings is 1. The lowest BCUT2D eigenvalue weighted by atomic mass is 10.1. The number of nitrogens with one attached hydrogen (secondary N) is 3. The minimum Gasteiger partial charge on any atom is -0.385 e. The zero-order chi connectivity index (χ0) is 20.1. The van der Waals surface area contributed by atoms with E-state index in [1.54, 1.807) is 18.3 Å². The average molecular weight is 396 g/mol. The molecule has 7 heteroatoms. The van der Waals surface area contributed by atoms with Crippen LogP contribution in [0.15, 0.2) is 48.7 Å². The minimum atomic E-state index is -0.412. The maximum atomic E-state index is 14.1. The Labute approximate surface area is 169 Å². The van der Waals surface area contributed by atoms with Gasteiger partial charge in [-0.05, 0) is 49.4 Å². The summed E-state index contributed by atoms with van der Waals surface area (Å²) in [5.41, 5.74) is 2.97. The summed E-state index contributed by atoms with van der Waals surface area (Å²) in [6.07, 6.45) is 2.63. The Bertz CT molecular complexity index is 892. The highest BCUT2D eigenvalue weighted by Crippen LogP contribution is 2.33. The summed E-state index contributed by atoms with van der Waals surface area (Å²) in [5, 5.41) is 9.19. The SMILES string of the molecule is O=C1Nc2cccc(F)c2C1=CNc1ccc(NCCCN2CCOCC2)cc1. The fourth-order valence-corrected chi connectivity index (χ4v) is 3.54. The van der Waals surface area contributed by atoms with Crippen LogP contribution in [-0.4, -0.2) is 50.2 Å². The van der Waals surface area contributed by atoms with Gasteiger partial charge in [0, 0.05) is 42.8 Å². The summed E-state index contributed by atoms with van der Waals surface area (Å²) >= 11 is 0. The Morgan fingerprint density at radius 2 is 1.86 bits per heavy atom. The number of rotatable bonds is 7. The number of ether oxygens (including phenoxy) is 1. The molecule has 2 aliphatic rings. The van der Waals surface area contributed by atoms with Crippen molar-refractivity contribution in [1.82, 2.24) is 4.90 Å². The van der Waals surface area contributed by atoms with Gasteiger partial charge < -0.3 is 20.7 Å². The Morgan fingerprint density at radius 3 is 2.66 bits per heavy atom. The molecule has 0 spiro atoms. The molecule has 0 radical (unpaired) electrons. The van der Waals surface area contributed by atoms with Crippen LogP contribution in [0.2, 0.25) is 0 Å². The van der Waals surface area contributed by atoms with Gasteiger partial charge in [-0.1, -0.05) is 6.07 Å². The number of nitrogens with zero attached hydrogens (tertiary/aromatic N) is 1. The van der Waals surface area contributed by atoms with Crippen LogP contribution in [0.3, 0.4) is 0 Å². The molecule has 0 unspecified atom stereocenters. The van der Waals surface area contributed by atoms with Crippen molar-refractivity contribution in [3.05, 3.63) is 60.0 Å². The maximum Gasteiger partial charge on any atom is 0.257 e. The molecule has 4 rings (SSSR count). The third-order valence-electron chi connectivity index (χ3n) is 5.13. The van der Waals surface area contributed by atoms with E-state index in [1.165, 1.54) is 6.07 Å². The van der Waals surface area contributed by atoms with Crippen molar-refractivity contribution in [2.24, 2.45) is 0 Å². The van der Waals surface area contributed by atoms with Crippen molar-refractivity contribution in [3.8, 4) is 0 Å². The molecule has 0 aromatic heterocycles. The van der Waals surface area contributed by atoms with Gasteiger partial charge in [0.1, 0.15) is 5.82 Å². The third kappa shape index (κ3) is 4.75. The molecule has 152 valence electrons. The first-order chi connectivity index (χ1) is 14.2. The quantitative estimate of drug-likeness (QED) is 0.495. The van der Waals surface area contributed by atoms with E-state index in [9.17, 15) is 9.18 Å². The van der Waals surface area contributed by atoms with Crippen molar-refractivity contribution >= 4 is 28.5 Å². The highest BCUT2D eigenvalue weighted by molar-refractivity contribution is 6.31. The largest absolute Gasteiger partial charge is 0.385 e. The monoisotopic (exact) mass is 396 g/mol. The van der Waals surface area contributed by atoms with Crippen molar-refractivity contribution in [2.45, 2.75) is 6.42 Å². The van der Waals surface area contributed by atoms with E-state index in [1.807, 2.05) is 24.3 Å². The zero-order valence-electron chi connectivity index (χ0n) is 16.2. The molecule has 1 fully saturated rings. The number of hydrogen-bond donors (Lipinski definition) is 3. The summed E-state index contributed by atoms with van der Waals surface area (Å²) in [6.45, 7) is 5.68. The molecule has 2 aromatic carbocycles. The number of carbonyl (C=O) groups is 1. The van der Waals surface area contributed by atoms with Crippen LogP contribution in [-0.2, 0) is 9.53 Å². The lowest BCUT2D eigenvalue weighted by Crippen LogP contribution is -2.37. The van der Waals surface area contributed by atoms with Gasteiger partial charge >= 0.3 is 0 Å². The predicted octanol–water partition coefficient (Wildman–Crippen LogP) is 3.37. The van der Waals surface area contributed by atoms with Gasteiger partial charge in [-0.15, -0.1) is 0 Å². The molecular formula is C22H25FN4O2. The van der Waals surface area contributed by atoms with Gasteiger partial charge in [-0.2, -0.15) is 0 Å². The van der Waals surface area contributed by atoms with Crippen LogP contribution in [0.1, 0.15) is 12.0 Å². The number of halogens is 1. The number of anilines is 3. The molecular weight excluding hydrogens is 371 g/mol. The smallest absolute Gasteiger partial charge is 0.257 e. The molecule has 0 atom stereocenters. The fraction of sp³-hybridized carbons (Fsp3) is 0.318. The standard InChI is InChI=1S/C22H25FN4O2/c23-19-3-1-4-20-21(19)18(22(28)26-20)15-25-17-7-5-16(6-8-17)24-9-2-10-27-11-13-29-14-12-27/h1,3-8,15,24-25H,2,9-14H2,(H,26,28). The Hall–Kier alpha value is -2.90. The van der Waals surface area contributed by atoms with E-state index >= 15 is 0 Å². The van der Waals surface area contributed by atoms with Crippen LogP contribution >= 0.6 is 0 Å². The van der Waals surface area contributed by atoms with Crippen molar-refractivity contribution in [3.63, 3.8) is 0 Å². The van der Waals surface area contributed by atoms with Gasteiger partial charge in [0.25, 0.3) is 5.91 Å². The van der Waals surface area contributed by atoms with Crippen molar-refractivity contribution < 1.29 is 13.9 Å². The first kappa shape index (κ1) is 19.4. The van der Waals surface area contributed by atoms with E-state index < -0.39 is 5.82 Å². The van der Waals surface area contributed by atoms with Crippen LogP contribution < -0.4 is 16.0 Å². The molecule has 6 nitrogen and oxygen atoms in total. The molecule has 1 saturated heterocycles. The molecule has 3 N–H and O–H groups in total. The van der Waals surface area contributed by atoms with E-state index in [0.29, 0.717) is 16.8 Å². The molecule has 2 heterocycles. The zero-order valence-corrected chi connectivity index (χ0v) is 16.2. The van der Waals surface area contributed by atoms with E-state index in [0.717, 1.165) is 57.2 Å². The van der Waals surface area contributed by atoms with Crippen LogP contribution in [0, 0.1) is 5.82 Å². The van der Waals surface area contributed by atoms with Crippen LogP contribution in [0.4, 0.5) is 21.5 Å². The van der Waals surface area contributed by atoms with E-state index in [-0.39, 0.29) is 5.91 Å². The minimum absolute atomic E-state index is 0.295. The van der Waals surface area contributed by atoms with Crippen molar-refractivity contribution in [2.75, 3.05) is 55.3 Å². The van der Waals surface area contributed by atoms with E-state index in [4.69, 9.17) is 4.74 Å².